The van der Waals surface area contributed by atoms with Gasteiger partial charge in [-0.2, -0.15) is 4.52 Å². The van der Waals surface area contributed by atoms with Gasteiger partial charge in [-0.25, -0.2) is 0 Å². The number of pyridine rings is 1. The Balaban J connectivity index is 1.46. The summed E-state index contributed by atoms with van der Waals surface area (Å²) < 4.78 is 6.87. The zero-order valence-electron chi connectivity index (χ0n) is 14.5. The van der Waals surface area contributed by atoms with Crippen LogP contribution in [-0.4, -0.2) is 52.3 Å². The van der Waals surface area contributed by atoms with Gasteiger partial charge in [0.25, 0.3) is 5.91 Å². The van der Waals surface area contributed by atoms with Crippen LogP contribution in [0.2, 0.25) is 0 Å². The Hall–Kier alpha value is -3.00. The molecule has 0 unspecified atom stereocenters. The second kappa shape index (κ2) is 7.09. The van der Waals surface area contributed by atoms with Crippen LogP contribution in [0.3, 0.4) is 0 Å². The lowest BCUT2D eigenvalue weighted by Gasteiger charge is -2.29. The van der Waals surface area contributed by atoms with E-state index in [4.69, 9.17) is 4.74 Å². The molecule has 0 aliphatic carbocycles. The highest BCUT2D eigenvalue weighted by Gasteiger charge is 2.17. The standard InChI is InChI=1S/C18H20N6O2/c1-13(14-4-6-15(7-5-14)23-9-11-26-12-10-23)19-18(25)16-3-2-8-24-17(16)20-21-22-24/h2-8,13H,9-12H2,1H3,(H,19,25)/t13-/m1/s1. The number of amides is 1. The van der Waals surface area contributed by atoms with Gasteiger partial charge in [0.05, 0.1) is 24.8 Å². The van der Waals surface area contributed by atoms with E-state index in [9.17, 15) is 4.79 Å². The van der Waals surface area contributed by atoms with Crippen molar-refractivity contribution in [3.8, 4) is 0 Å². The van der Waals surface area contributed by atoms with Gasteiger partial charge < -0.3 is 15.0 Å². The SMILES string of the molecule is C[C@@H](NC(=O)c1cccn2nnnc12)c1ccc(N2CCOCC2)cc1. The van der Waals surface area contributed by atoms with E-state index in [1.807, 2.05) is 6.92 Å². The minimum Gasteiger partial charge on any atom is -0.378 e. The first-order valence-electron chi connectivity index (χ1n) is 8.62. The smallest absolute Gasteiger partial charge is 0.255 e. The monoisotopic (exact) mass is 352 g/mol. The van der Waals surface area contributed by atoms with Gasteiger partial charge >= 0.3 is 0 Å². The van der Waals surface area contributed by atoms with Crippen molar-refractivity contribution in [2.24, 2.45) is 0 Å². The summed E-state index contributed by atoms with van der Waals surface area (Å²) in [7, 11) is 0. The van der Waals surface area contributed by atoms with Crippen LogP contribution in [-0.2, 0) is 4.74 Å². The average molecular weight is 352 g/mol. The fourth-order valence-corrected chi connectivity index (χ4v) is 3.10. The predicted octanol–water partition coefficient (Wildman–Crippen LogP) is 1.45. The van der Waals surface area contributed by atoms with Gasteiger partial charge in [-0.05, 0) is 47.2 Å². The number of hydrogen-bond acceptors (Lipinski definition) is 6. The van der Waals surface area contributed by atoms with Gasteiger partial charge in [0.1, 0.15) is 0 Å². The van der Waals surface area contributed by atoms with Gasteiger partial charge in [-0.3, -0.25) is 4.79 Å². The molecule has 1 N–H and O–H groups in total. The van der Waals surface area contributed by atoms with E-state index in [0.29, 0.717) is 11.2 Å². The van der Waals surface area contributed by atoms with E-state index in [2.05, 4.69) is 50.0 Å². The van der Waals surface area contributed by atoms with Crippen LogP contribution in [0.15, 0.2) is 42.6 Å². The quantitative estimate of drug-likeness (QED) is 0.765. The van der Waals surface area contributed by atoms with Crippen LogP contribution in [0, 0.1) is 0 Å². The minimum absolute atomic E-state index is 0.127. The van der Waals surface area contributed by atoms with E-state index in [-0.39, 0.29) is 11.9 Å². The van der Waals surface area contributed by atoms with Gasteiger partial charge in [0.2, 0.25) is 0 Å². The number of hydrogen-bond donors (Lipinski definition) is 1. The van der Waals surface area contributed by atoms with Crippen LogP contribution >= 0.6 is 0 Å². The molecule has 1 aliphatic rings. The normalized spacial score (nSPS) is 15.8. The highest BCUT2D eigenvalue weighted by atomic mass is 16.5. The van der Waals surface area contributed by atoms with Gasteiger partial charge in [0.15, 0.2) is 5.65 Å². The molecule has 2 aromatic heterocycles. The Morgan fingerprint density at radius 1 is 1.19 bits per heavy atom. The maximum atomic E-state index is 12.6. The molecular formula is C18H20N6O2. The van der Waals surface area contributed by atoms with E-state index in [0.717, 1.165) is 31.9 Å². The molecule has 3 aromatic rings. The maximum absolute atomic E-state index is 12.6. The van der Waals surface area contributed by atoms with E-state index in [1.54, 1.807) is 18.3 Å². The number of nitrogens with one attached hydrogen (secondary N) is 1. The number of benzene rings is 1. The number of carbonyl (C=O) groups is 1. The first-order valence-corrected chi connectivity index (χ1v) is 8.62. The van der Waals surface area contributed by atoms with E-state index in [1.165, 1.54) is 10.2 Å². The van der Waals surface area contributed by atoms with Crippen LogP contribution in [0.25, 0.3) is 5.65 Å². The molecule has 0 saturated carbocycles. The fraction of sp³-hybridized carbons (Fsp3) is 0.333. The minimum atomic E-state index is -0.199. The molecular weight excluding hydrogens is 332 g/mol. The summed E-state index contributed by atoms with van der Waals surface area (Å²) in [6, 6.07) is 11.6. The third-order valence-electron chi connectivity index (χ3n) is 4.59. The molecule has 1 fully saturated rings. The zero-order valence-corrected chi connectivity index (χ0v) is 14.5. The topological polar surface area (TPSA) is 84.7 Å². The molecule has 4 rings (SSSR count). The number of nitrogens with zero attached hydrogens (tertiary/aromatic N) is 5. The van der Waals surface area contributed by atoms with Gasteiger partial charge in [-0.1, -0.05) is 12.1 Å². The second-order valence-corrected chi connectivity index (χ2v) is 6.26. The lowest BCUT2D eigenvalue weighted by atomic mass is 10.1. The van der Waals surface area contributed by atoms with Crippen molar-refractivity contribution >= 4 is 17.2 Å². The fourth-order valence-electron chi connectivity index (χ4n) is 3.10. The van der Waals surface area contributed by atoms with E-state index < -0.39 is 0 Å². The Morgan fingerprint density at radius 2 is 1.96 bits per heavy atom. The van der Waals surface area contributed by atoms with Gasteiger partial charge in [0, 0.05) is 25.0 Å². The van der Waals surface area contributed by atoms with Crippen molar-refractivity contribution in [2.75, 3.05) is 31.2 Å². The molecule has 0 bridgehead atoms. The zero-order chi connectivity index (χ0) is 17.9. The summed E-state index contributed by atoms with van der Waals surface area (Å²) in [4.78, 5) is 14.9. The number of anilines is 1. The number of fused-ring (bicyclic) bond motifs is 1. The molecule has 8 nitrogen and oxygen atoms in total. The number of rotatable bonds is 4. The molecule has 1 saturated heterocycles. The summed E-state index contributed by atoms with van der Waals surface area (Å²) in [5.74, 6) is -0.199. The van der Waals surface area contributed by atoms with E-state index >= 15 is 0 Å². The third kappa shape index (κ3) is 3.23. The molecule has 1 aromatic carbocycles. The number of tetrazole rings is 1. The lowest BCUT2D eigenvalue weighted by molar-refractivity contribution is 0.0941. The number of ether oxygens (including phenoxy) is 1. The number of morpholine rings is 1. The van der Waals surface area contributed by atoms with Crippen molar-refractivity contribution in [3.63, 3.8) is 0 Å². The van der Waals surface area contributed by atoms with Crippen molar-refractivity contribution in [1.29, 1.82) is 0 Å². The Bertz CT molecular complexity index is 901. The first kappa shape index (κ1) is 16.5. The summed E-state index contributed by atoms with van der Waals surface area (Å²) >= 11 is 0. The molecule has 134 valence electrons. The second-order valence-electron chi connectivity index (χ2n) is 6.26. The van der Waals surface area contributed by atoms with Gasteiger partial charge in [-0.15, -0.1) is 5.10 Å². The highest BCUT2D eigenvalue weighted by molar-refractivity contribution is 5.99. The third-order valence-corrected chi connectivity index (χ3v) is 4.59. The summed E-state index contributed by atoms with van der Waals surface area (Å²) in [5.41, 5.74) is 3.12. The van der Waals surface area contributed by atoms with Crippen LogP contribution in [0.1, 0.15) is 28.9 Å². The molecule has 26 heavy (non-hydrogen) atoms. The van der Waals surface area contributed by atoms with Crippen LogP contribution < -0.4 is 10.2 Å². The first-order chi connectivity index (χ1) is 12.7. The molecule has 0 spiro atoms. The van der Waals surface area contributed by atoms with Crippen molar-refractivity contribution in [2.45, 2.75) is 13.0 Å². The average Bonchev–Trinajstić information content (AvgIpc) is 3.17. The molecule has 1 aliphatic heterocycles. The number of carbonyl (C=O) groups excluding carboxylic acids is 1. The molecule has 0 radical (unpaired) electrons. The van der Waals surface area contributed by atoms with Crippen LogP contribution in [0.5, 0.6) is 0 Å². The van der Waals surface area contributed by atoms with Crippen molar-refractivity contribution < 1.29 is 9.53 Å². The molecule has 8 heteroatoms. The predicted molar refractivity (Wildman–Crippen MR) is 96.1 cm³/mol. The largest absolute Gasteiger partial charge is 0.378 e. The van der Waals surface area contributed by atoms with Crippen molar-refractivity contribution in [1.82, 2.24) is 25.4 Å². The summed E-state index contributed by atoms with van der Waals surface area (Å²) in [6.07, 6.45) is 1.71. The Labute approximate surface area is 150 Å². The summed E-state index contributed by atoms with van der Waals surface area (Å²) in [5, 5.41) is 14.3. The number of aromatic nitrogens is 4. The molecule has 1 atom stereocenters. The lowest BCUT2D eigenvalue weighted by Crippen LogP contribution is -2.36. The highest BCUT2D eigenvalue weighted by Crippen LogP contribution is 2.20. The van der Waals surface area contributed by atoms with Crippen molar-refractivity contribution in [3.05, 3.63) is 53.7 Å². The maximum Gasteiger partial charge on any atom is 0.255 e. The Kier molecular flexibility index (Phi) is 4.49. The van der Waals surface area contributed by atoms with Crippen LogP contribution in [0.4, 0.5) is 5.69 Å². The molecule has 1 amide bonds. The molecule has 3 heterocycles. The Morgan fingerprint density at radius 3 is 2.73 bits per heavy atom. The summed E-state index contributed by atoms with van der Waals surface area (Å²) in [6.45, 7) is 5.29.